The second-order valence-electron chi connectivity index (χ2n) is 6.92. The number of aliphatic hydroxyl groups is 6. The number of nitrogens with zero attached hydrogens (tertiary/aromatic N) is 1. The van der Waals surface area contributed by atoms with Crippen molar-refractivity contribution in [3.63, 3.8) is 0 Å². The predicted octanol–water partition coefficient (Wildman–Crippen LogP) is -1.15. The van der Waals surface area contributed by atoms with Crippen molar-refractivity contribution in [2.45, 2.75) is 81.9 Å². The molecular formula is C17H30N2O7S. The van der Waals surface area contributed by atoms with Crippen LogP contribution in [0.1, 0.15) is 32.4 Å². The van der Waals surface area contributed by atoms with Crippen molar-refractivity contribution in [1.29, 1.82) is 0 Å². The molecule has 0 spiro atoms. The van der Waals surface area contributed by atoms with Gasteiger partial charge in [0.15, 0.2) is 5.13 Å². The Morgan fingerprint density at radius 2 is 1.85 bits per heavy atom. The maximum atomic E-state index is 10.3. The average Bonchev–Trinajstić information content (AvgIpc) is 3.11. The molecule has 2 rings (SSSR count). The highest BCUT2D eigenvalue weighted by molar-refractivity contribution is 7.13. The monoisotopic (exact) mass is 406 g/mol. The first-order chi connectivity index (χ1) is 12.8. The summed E-state index contributed by atoms with van der Waals surface area (Å²) in [5.74, 6) is 0. The molecule has 1 aromatic rings. The first kappa shape index (κ1) is 22.4. The van der Waals surface area contributed by atoms with E-state index in [1.54, 1.807) is 0 Å². The SMILES string of the molecule is CCc1csc(NC(CCC2OC(CO)C(O)C(O)C2O)C(O)C(C)O)n1. The van der Waals surface area contributed by atoms with E-state index in [-0.39, 0.29) is 6.42 Å². The van der Waals surface area contributed by atoms with Crippen LogP contribution < -0.4 is 5.32 Å². The van der Waals surface area contributed by atoms with Crippen LogP contribution in [-0.2, 0) is 11.2 Å². The smallest absolute Gasteiger partial charge is 0.183 e. The zero-order chi connectivity index (χ0) is 20.1. The summed E-state index contributed by atoms with van der Waals surface area (Å²) in [6.45, 7) is 2.98. The van der Waals surface area contributed by atoms with Gasteiger partial charge < -0.3 is 40.7 Å². The van der Waals surface area contributed by atoms with Crippen LogP contribution in [0.15, 0.2) is 5.38 Å². The number of hydrogen-bond acceptors (Lipinski definition) is 10. The molecule has 0 aliphatic carbocycles. The van der Waals surface area contributed by atoms with Gasteiger partial charge in [-0.05, 0) is 26.2 Å². The Morgan fingerprint density at radius 1 is 1.19 bits per heavy atom. The van der Waals surface area contributed by atoms with E-state index in [4.69, 9.17) is 4.74 Å². The molecule has 0 amide bonds. The fourth-order valence-electron chi connectivity index (χ4n) is 3.12. The molecule has 1 fully saturated rings. The van der Waals surface area contributed by atoms with Crippen LogP contribution in [0.5, 0.6) is 0 Å². The lowest BCUT2D eigenvalue weighted by Crippen LogP contribution is -2.58. The summed E-state index contributed by atoms with van der Waals surface area (Å²) in [5, 5.41) is 64.9. The molecule has 0 radical (unpaired) electrons. The highest BCUT2D eigenvalue weighted by Crippen LogP contribution is 2.26. The van der Waals surface area contributed by atoms with E-state index >= 15 is 0 Å². The minimum absolute atomic E-state index is 0.231. The van der Waals surface area contributed by atoms with E-state index in [1.807, 2.05) is 12.3 Å². The number of thiazole rings is 1. The zero-order valence-electron chi connectivity index (χ0n) is 15.5. The molecule has 7 N–H and O–H groups in total. The van der Waals surface area contributed by atoms with Crippen LogP contribution in [0.4, 0.5) is 5.13 Å². The van der Waals surface area contributed by atoms with E-state index in [0.717, 1.165) is 12.1 Å². The summed E-state index contributed by atoms with van der Waals surface area (Å²) < 4.78 is 5.50. The summed E-state index contributed by atoms with van der Waals surface area (Å²) in [5.41, 5.74) is 0.918. The van der Waals surface area contributed by atoms with Gasteiger partial charge >= 0.3 is 0 Å². The maximum Gasteiger partial charge on any atom is 0.183 e. The molecule has 1 aliphatic heterocycles. The number of aliphatic hydroxyl groups excluding tert-OH is 6. The van der Waals surface area contributed by atoms with Crippen molar-refractivity contribution in [2.24, 2.45) is 0 Å². The molecule has 2 heterocycles. The Labute approximate surface area is 162 Å². The first-order valence-corrected chi connectivity index (χ1v) is 10.0. The summed E-state index contributed by atoms with van der Waals surface area (Å²) in [6, 6.07) is -0.562. The molecule has 10 heteroatoms. The van der Waals surface area contributed by atoms with Crippen molar-refractivity contribution in [2.75, 3.05) is 11.9 Å². The van der Waals surface area contributed by atoms with E-state index in [1.165, 1.54) is 18.3 Å². The average molecular weight is 407 g/mol. The van der Waals surface area contributed by atoms with Gasteiger partial charge in [-0.3, -0.25) is 0 Å². The number of nitrogens with one attached hydrogen (secondary N) is 1. The molecule has 8 atom stereocenters. The molecule has 0 aromatic carbocycles. The number of ether oxygens (including phenoxy) is 1. The van der Waals surface area contributed by atoms with E-state index < -0.39 is 55.4 Å². The number of hydrogen-bond donors (Lipinski definition) is 7. The summed E-state index contributed by atoms with van der Waals surface area (Å²) in [4.78, 5) is 4.40. The molecule has 9 nitrogen and oxygen atoms in total. The zero-order valence-corrected chi connectivity index (χ0v) is 16.3. The second kappa shape index (κ2) is 10.1. The van der Waals surface area contributed by atoms with Crippen LogP contribution in [0.3, 0.4) is 0 Å². The lowest BCUT2D eigenvalue weighted by Gasteiger charge is -2.40. The Morgan fingerprint density at radius 3 is 2.41 bits per heavy atom. The van der Waals surface area contributed by atoms with Crippen molar-refractivity contribution in [3.05, 3.63) is 11.1 Å². The lowest BCUT2D eigenvalue weighted by molar-refractivity contribution is -0.230. The van der Waals surface area contributed by atoms with Crippen LogP contribution >= 0.6 is 11.3 Å². The minimum atomic E-state index is -1.43. The van der Waals surface area contributed by atoms with Gasteiger partial charge in [-0.25, -0.2) is 4.98 Å². The van der Waals surface area contributed by atoms with Crippen LogP contribution in [0, 0.1) is 0 Å². The number of rotatable bonds is 9. The summed E-state index contributed by atoms with van der Waals surface area (Å²) in [6.07, 6.45) is -6.69. The molecule has 156 valence electrons. The Kier molecular flexibility index (Phi) is 8.38. The third-order valence-electron chi connectivity index (χ3n) is 4.88. The Bertz CT molecular complexity index is 571. The van der Waals surface area contributed by atoms with Crippen molar-refractivity contribution >= 4 is 16.5 Å². The maximum absolute atomic E-state index is 10.3. The quantitative estimate of drug-likeness (QED) is 0.269. The molecule has 0 saturated carbocycles. The van der Waals surface area contributed by atoms with Gasteiger partial charge in [0.1, 0.15) is 24.4 Å². The van der Waals surface area contributed by atoms with E-state index in [2.05, 4.69) is 10.3 Å². The molecule has 0 bridgehead atoms. The Hall–Kier alpha value is -0.850. The first-order valence-electron chi connectivity index (χ1n) is 9.16. The normalized spacial score (nSPS) is 32.1. The van der Waals surface area contributed by atoms with E-state index in [9.17, 15) is 30.6 Å². The molecule has 1 aromatic heterocycles. The topological polar surface area (TPSA) is 156 Å². The third-order valence-corrected chi connectivity index (χ3v) is 5.71. The lowest BCUT2D eigenvalue weighted by atomic mass is 9.90. The number of aryl methyl sites for hydroxylation is 1. The van der Waals surface area contributed by atoms with Gasteiger partial charge in [0.25, 0.3) is 0 Å². The summed E-state index contributed by atoms with van der Waals surface area (Å²) in [7, 11) is 0. The molecule has 1 saturated heterocycles. The predicted molar refractivity (Wildman–Crippen MR) is 99.6 cm³/mol. The van der Waals surface area contributed by atoms with Gasteiger partial charge in [-0.2, -0.15) is 0 Å². The number of anilines is 1. The largest absolute Gasteiger partial charge is 0.394 e. The molecule has 8 unspecified atom stereocenters. The van der Waals surface area contributed by atoms with Gasteiger partial charge in [-0.15, -0.1) is 11.3 Å². The van der Waals surface area contributed by atoms with Crippen LogP contribution in [-0.4, -0.2) is 91.0 Å². The van der Waals surface area contributed by atoms with Crippen LogP contribution in [0.2, 0.25) is 0 Å². The van der Waals surface area contributed by atoms with Crippen LogP contribution in [0.25, 0.3) is 0 Å². The summed E-state index contributed by atoms with van der Waals surface area (Å²) >= 11 is 1.40. The highest BCUT2D eigenvalue weighted by atomic mass is 32.1. The molecule has 1 aliphatic rings. The Balaban J connectivity index is 2.03. The minimum Gasteiger partial charge on any atom is -0.394 e. The van der Waals surface area contributed by atoms with Gasteiger partial charge in [0.2, 0.25) is 0 Å². The van der Waals surface area contributed by atoms with E-state index in [0.29, 0.717) is 11.6 Å². The second-order valence-corrected chi connectivity index (χ2v) is 7.78. The van der Waals surface area contributed by atoms with Gasteiger partial charge in [-0.1, -0.05) is 6.92 Å². The fraction of sp³-hybridized carbons (Fsp3) is 0.824. The number of aromatic nitrogens is 1. The van der Waals surface area contributed by atoms with Gasteiger partial charge in [0, 0.05) is 5.38 Å². The van der Waals surface area contributed by atoms with Crippen molar-refractivity contribution in [1.82, 2.24) is 4.98 Å². The standard InChI is InChI=1S/C17H30N2O7S/c1-3-9-7-27-17(18-9)19-10(13(22)8(2)21)4-5-11-14(23)16(25)15(24)12(6-20)26-11/h7-8,10-16,20-25H,3-6H2,1-2H3,(H,18,19). The third kappa shape index (κ3) is 5.58. The highest BCUT2D eigenvalue weighted by Gasteiger charge is 2.43. The van der Waals surface area contributed by atoms with Crippen molar-refractivity contribution < 1.29 is 35.4 Å². The fourth-order valence-corrected chi connectivity index (χ4v) is 3.98. The van der Waals surface area contributed by atoms with Gasteiger partial charge in [0.05, 0.1) is 36.7 Å². The molecule has 27 heavy (non-hydrogen) atoms. The van der Waals surface area contributed by atoms with Crippen molar-refractivity contribution in [3.8, 4) is 0 Å². The molecular weight excluding hydrogens is 376 g/mol.